The van der Waals surface area contributed by atoms with Crippen molar-refractivity contribution in [3.63, 3.8) is 0 Å². The monoisotopic (exact) mass is 356 g/mol. The lowest BCUT2D eigenvalue weighted by atomic mass is 9.48. The molecule has 1 aromatic rings. The summed E-state index contributed by atoms with van der Waals surface area (Å²) in [5, 5.41) is 26.3. The van der Waals surface area contributed by atoms with Crippen molar-refractivity contribution >= 4 is 0 Å². The average Bonchev–Trinajstić information content (AvgIpc) is 3.37. The second-order valence-corrected chi connectivity index (χ2v) is 9.20. The molecule has 0 amide bonds. The predicted molar refractivity (Wildman–Crippen MR) is 97.8 cm³/mol. The van der Waals surface area contributed by atoms with Gasteiger partial charge in [0.15, 0.2) is 11.5 Å². The lowest BCUT2D eigenvalue weighted by Crippen LogP contribution is -2.78. The number of piperidine rings is 1. The zero-order chi connectivity index (χ0) is 17.8. The first-order valence-corrected chi connectivity index (χ1v) is 10.2. The number of benzene rings is 1. The van der Waals surface area contributed by atoms with Crippen LogP contribution in [0.3, 0.4) is 0 Å². The van der Waals surface area contributed by atoms with E-state index in [0.717, 1.165) is 43.4 Å². The second-order valence-electron chi connectivity index (χ2n) is 9.20. The van der Waals surface area contributed by atoms with Crippen molar-refractivity contribution in [1.82, 2.24) is 10.2 Å². The van der Waals surface area contributed by atoms with E-state index >= 15 is 0 Å². The van der Waals surface area contributed by atoms with Crippen LogP contribution >= 0.6 is 0 Å². The van der Waals surface area contributed by atoms with E-state index in [4.69, 9.17) is 4.74 Å². The van der Waals surface area contributed by atoms with E-state index in [2.05, 4.69) is 17.1 Å². The Morgan fingerprint density at radius 3 is 2.81 bits per heavy atom. The molecule has 5 heteroatoms. The van der Waals surface area contributed by atoms with E-state index in [1.54, 1.807) is 0 Å². The number of ether oxygens (including phenoxy) is 1. The summed E-state index contributed by atoms with van der Waals surface area (Å²) in [5.41, 5.74) is 2.44. The van der Waals surface area contributed by atoms with E-state index < -0.39 is 5.60 Å². The van der Waals surface area contributed by atoms with Crippen LogP contribution in [0, 0.1) is 6.92 Å². The van der Waals surface area contributed by atoms with Gasteiger partial charge in [0, 0.05) is 23.7 Å². The van der Waals surface area contributed by atoms with Crippen LogP contribution in [-0.4, -0.2) is 58.5 Å². The maximum atomic E-state index is 12.2. The van der Waals surface area contributed by atoms with E-state index in [9.17, 15) is 10.2 Å². The molecule has 5 nitrogen and oxygen atoms in total. The van der Waals surface area contributed by atoms with Gasteiger partial charge in [-0.15, -0.1) is 0 Å². The van der Waals surface area contributed by atoms with Gasteiger partial charge in [0.1, 0.15) is 6.10 Å². The zero-order valence-electron chi connectivity index (χ0n) is 15.6. The fraction of sp³-hybridized carbons (Fsp3) is 0.714. The molecule has 2 aliphatic heterocycles. The van der Waals surface area contributed by atoms with Crippen LogP contribution in [0.4, 0.5) is 0 Å². The molecule has 5 aliphatic rings. The Hall–Kier alpha value is -1.30. The number of aliphatic hydroxyl groups is 1. The molecule has 5 atom stereocenters. The SMILES string of the molecule is CN[C@@H]1CC[C@@]2(O)[C@H]3Cc4c(C)cc(O)c5c4[C@@]2(CCN3C2CC2)[C@H]1O5. The molecule has 2 bridgehead atoms. The summed E-state index contributed by atoms with van der Waals surface area (Å²) in [6.45, 7) is 3.13. The topological polar surface area (TPSA) is 65.0 Å². The molecule has 26 heavy (non-hydrogen) atoms. The molecule has 1 aromatic carbocycles. The van der Waals surface area contributed by atoms with Crippen molar-refractivity contribution in [2.45, 2.75) is 80.7 Å². The molecule has 2 heterocycles. The molecule has 3 fully saturated rings. The minimum absolute atomic E-state index is 0.100. The van der Waals surface area contributed by atoms with Gasteiger partial charge in [0.2, 0.25) is 0 Å². The third-order valence-electron chi connectivity index (χ3n) is 8.24. The van der Waals surface area contributed by atoms with Crippen molar-refractivity contribution in [3.8, 4) is 11.5 Å². The van der Waals surface area contributed by atoms with Crippen molar-refractivity contribution in [1.29, 1.82) is 0 Å². The summed E-state index contributed by atoms with van der Waals surface area (Å²) < 4.78 is 6.45. The standard InChI is InChI=1S/C21H28N2O3/c1-11-9-15(24)18-17-13(11)10-16-21(25)6-5-14(22-2)19(26-18)20(17,21)7-8-23(16)12-3-4-12/h9,12,14,16,19,22,24-25H,3-8,10H2,1-2H3/t14-,16-,19+,20+,21-/m1/s1. The molecule has 3 N–H and O–H groups in total. The second kappa shape index (κ2) is 4.75. The van der Waals surface area contributed by atoms with Gasteiger partial charge in [-0.25, -0.2) is 0 Å². The molecule has 2 saturated carbocycles. The largest absolute Gasteiger partial charge is 0.504 e. The van der Waals surface area contributed by atoms with Crippen molar-refractivity contribution in [3.05, 3.63) is 22.8 Å². The number of rotatable bonds is 2. The molecule has 3 aliphatic carbocycles. The van der Waals surface area contributed by atoms with Gasteiger partial charge in [0.05, 0.1) is 11.0 Å². The number of likely N-dealkylation sites (tertiary alicyclic amines) is 1. The van der Waals surface area contributed by atoms with E-state index in [1.165, 1.54) is 18.4 Å². The third kappa shape index (κ3) is 1.56. The Morgan fingerprint density at radius 1 is 1.27 bits per heavy atom. The number of phenolic OH excluding ortho intramolecular Hbond substituents is 1. The molecule has 140 valence electrons. The van der Waals surface area contributed by atoms with Crippen LogP contribution in [0.1, 0.15) is 48.8 Å². The summed E-state index contributed by atoms with van der Waals surface area (Å²) in [6, 6.07) is 2.90. The van der Waals surface area contributed by atoms with Gasteiger partial charge in [-0.05, 0) is 76.2 Å². The van der Waals surface area contributed by atoms with Gasteiger partial charge in [0.25, 0.3) is 0 Å². The van der Waals surface area contributed by atoms with Gasteiger partial charge in [-0.2, -0.15) is 0 Å². The first kappa shape index (κ1) is 15.7. The lowest BCUT2D eigenvalue weighted by molar-refractivity contribution is -0.192. The third-order valence-corrected chi connectivity index (χ3v) is 8.24. The normalized spacial score (nSPS) is 43.1. The number of phenols is 1. The summed E-state index contributed by atoms with van der Waals surface area (Å²) in [6.07, 6.45) is 5.96. The zero-order valence-corrected chi connectivity index (χ0v) is 15.6. The molecule has 1 spiro atoms. The smallest absolute Gasteiger partial charge is 0.165 e. The van der Waals surface area contributed by atoms with E-state index in [0.29, 0.717) is 11.8 Å². The van der Waals surface area contributed by atoms with Crippen molar-refractivity contribution in [2.24, 2.45) is 0 Å². The Morgan fingerprint density at radius 2 is 2.08 bits per heavy atom. The fourth-order valence-electron chi connectivity index (χ4n) is 6.98. The first-order valence-electron chi connectivity index (χ1n) is 10.2. The Kier molecular flexibility index (Phi) is 2.87. The quantitative estimate of drug-likeness (QED) is 0.751. The summed E-state index contributed by atoms with van der Waals surface area (Å²) >= 11 is 0. The Balaban J connectivity index is 1.64. The number of aromatic hydroxyl groups is 1. The Labute approximate surface area is 154 Å². The number of nitrogens with zero attached hydrogens (tertiary/aromatic N) is 1. The first-order chi connectivity index (χ1) is 12.5. The molecule has 6 rings (SSSR count). The van der Waals surface area contributed by atoms with Gasteiger partial charge >= 0.3 is 0 Å². The van der Waals surface area contributed by atoms with Crippen molar-refractivity contribution < 1.29 is 14.9 Å². The minimum Gasteiger partial charge on any atom is -0.504 e. The highest BCUT2D eigenvalue weighted by atomic mass is 16.5. The summed E-state index contributed by atoms with van der Waals surface area (Å²) in [4.78, 5) is 2.61. The highest BCUT2D eigenvalue weighted by Gasteiger charge is 2.73. The number of hydrogen-bond acceptors (Lipinski definition) is 5. The van der Waals surface area contributed by atoms with Crippen LogP contribution < -0.4 is 10.1 Å². The summed E-state index contributed by atoms with van der Waals surface area (Å²) in [5.74, 6) is 0.889. The minimum atomic E-state index is -0.760. The molecular formula is C21H28N2O3. The van der Waals surface area contributed by atoms with Crippen LogP contribution in [0.25, 0.3) is 0 Å². The lowest BCUT2D eigenvalue weighted by Gasteiger charge is -2.64. The highest BCUT2D eigenvalue weighted by molar-refractivity contribution is 5.64. The molecule has 0 unspecified atom stereocenters. The molecule has 0 radical (unpaired) electrons. The molecule has 1 saturated heterocycles. The molecular weight excluding hydrogens is 328 g/mol. The van der Waals surface area contributed by atoms with Crippen LogP contribution in [0.5, 0.6) is 11.5 Å². The number of nitrogens with one attached hydrogen (secondary N) is 1. The molecule has 0 aromatic heterocycles. The van der Waals surface area contributed by atoms with Gasteiger partial charge in [-0.1, -0.05) is 0 Å². The fourth-order valence-corrected chi connectivity index (χ4v) is 6.98. The number of likely N-dealkylation sites (N-methyl/N-ethyl adjacent to an activating group) is 1. The van der Waals surface area contributed by atoms with E-state index in [-0.39, 0.29) is 29.4 Å². The van der Waals surface area contributed by atoms with Gasteiger partial charge < -0.3 is 20.3 Å². The van der Waals surface area contributed by atoms with Crippen LogP contribution in [-0.2, 0) is 11.8 Å². The Bertz CT molecular complexity index is 807. The maximum Gasteiger partial charge on any atom is 0.165 e. The number of hydrogen-bond donors (Lipinski definition) is 3. The van der Waals surface area contributed by atoms with Crippen molar-refractivity contribution in [2.75, 3.05) is 13.6 Å². The highest BCUT2D eigenvalue weighted by Crippen LogP contribution is 2.66. The summed E-state index contributed by atoms with van der Waals surface area (Å²) in [7, 11) is 1.99. The van der Waals surface area contributed by atoms with Gasteiger partial charge in [-0.3, -0.25) is 4.90 Å². The predicted octanol–water partition coefficient (Wildman–Crippen LogP) is 1.61. The average molecular weight is 356 g/mol. The van der Waals surface area contributed by atoms with Crippen LogP contribution in [0.2, 0.25) is 0 Å². The van der Waals surface area contributed by atoms with E-state index in [1.807, 2.05) is 13.1 Å². The maximum absolute atomic E-state index is 12.2. The van der Waals surface area contributed by atoms with Crippen LogP contribution in [0.15, 0.2) is 6.07 Å². The number of aryl methyl sites for hydroxylation is 1.